The number of carbonyl (C=O) groups excluding carboxylic acids is 3. The van der Waals surface area contributed by atoms with Gasteiger partial charge >= 0.3 is 0 Å². The minimum absolute atomic E-state index is 0.0335. The standard InChI is InChI=1S/C16H15N5O3/c22-14(19-8-5-11(9-19)21-17-6-7-18-21)10-20-15(23)12-3-1-2-4-13(12)16(20)24/h1-4,6-7,11H,5,8-10H2. The highest BCUT2D eigenvalue weighted by molar-refractivity contribution is 6.22. The molecule has 2 aliphatic heterocycles. The van der Waals surface area contributed by atoms with Gasteiger partial charge in [0.05, 0.1) is 29.6 Å². The van der Waals surface area contributed by atoms with Gasteiger partial charge in [-0.3, -0.25) is 19.3 Å². The Kier molecular flexibility index (Phi) is 3.37. The van der Waals surface area contributed by atoms with E-state index in [1.807, 2.05) is 0 Å². The Balaban J connectivity index is 1.44. The molecule has 4 rings (SSSR count). The molecule has 1 fully saturated rings. The lowest BCUT2D eigenvalue weighted by atomic mass is 10.1. The zero-order valence-electron chi connectivity index (χ0n) is 12.8. The fourth-order valence-electron chi connectivity index (χ4n) is 3.19. The van der Waals surface area contributed by atoms with Crippen LogP contribution < -0.4 is 0 Å². The highest BCUT2D eigenvalue weighted by atomic mass is 16.2. The largest absolute Gasteiger partial charge is 0.339 e. The maximum atomic E-state index is 12.5. The van der Waals surface area contributed by atoms with Crippen molar-refractivity contribution in [3.05, 3.63) is 47.8 Å². The predicted octanol–water partition coefficient (Wildman–Crippen LogP) is 0.348. The van der Waals surface area contributed by atoms with Gasteiger partial charge in [0, 0.05) is 13.1 Å². The first kappa shape index (κ1) is 14.6. The van der Waals surface area contributed by atoms with Crippen molar-refractivity contribution in [2.45, 2.75) is 12.5 Å². The fraction of sp³-hybridized carbons (Fsp3) is 0.312. The molecule has 122 valence electrons. The van der Waals surface area contributed by atoms with E-state index >= 15 is 0 Å². The predicted molar refractivity (Wildman–Crippen MR) is 82.1 cm³/mol. The maximum absolute atomic E-state index is 12.5. The van der Waals surface area contributed by atoms with Crippen LogP contribution >= 0.6 is 0 Å². The van der Waals surface area contributed by atoms with Crippen LogP contribution in [0, 0.1) is 0 Å². The molecule has 0 radical (unpaired) electrons. The van der Waals surface area contributed by atoms with Crippen LogP contribution in [-0.4, -0.2) is 62.1 Å². The van der Waals surface area contributed by atoms with Crippen molar-refractivity contribution in [2.75, 3.05) is 19.6 Å². The van der Waals surface area contributed by atoms with E-state index in [0.29, 0.717) is 24.2 Å². The molecule has 1 atom stereocenters. The summed E-state index contributed by atoms with van der Waals surface area (Å²) >= 11 is 0. The Hall–Kier alpha value is -3.03. The number of likely N-dealkylation sites (tertiary alicyclic amines) is 1. The number of hydrogen-bond donors (Lipinski definition) is 0. The summed E-state index contributed by atoms with van der Waals surface area (Å²) in [6.07, 6.45) is 3.95. The summed E-state index contributed by atoms with van der Waals surface area (Å²) in [5, 5.41) is 8.19. The van der Waals surface area contributed by atoms with Gasteiger partial charge < -0.3 is 4.90 Å². The van der Waals surface area contributed by atoms with Crippen LogP contribution in [0.4, 0.5) is 0 Å². The molecule has 0 aliphatic carbocycles. The molecule has 24 heavy (non-hydrogen) atoms. The number of nitrogens with zero attached hydrogens (tertiary/aromatic N) is 5. The second kappa shape index (κ2) is 5.55. The molecule has 0 N–H and O–H groups in total. The van der Waals surface area contributed by atoms with Crippen molar-refractivity contribution in [3.63, 3.8) is 0 Å². The maximum Gasteiger partial charge on any atom is 0.262 e. The molecule has 1 aromatic carbocycles. The molecule has 0 bridgehead atoms. The molecule has 0 saturated carbocycles. The van der Waals surface area contributed by atoms with E-state index in [1.165, 1.54) is 0 Å². The van der Waals surface area contributed by atoms with Crippen molar-refractivity contribution in [1.82, 2.24) is 24.8 Å². The summed E-state index contributed by atoms with van der Waals surface area (Å²) in [5.41, 5.74) is 0.714. The first-order valence-corrected chi connectivity index (χ1v) is 7.74. The molecule has 0 spiro atoms. The van der Waals surface area contributed by atoms with Crippen LogP contribution in [0.25, 0.3) is 0 Å². The Labute approximate surface area is 137 Å². The van der Waals surface area contributed by atoms with Crippen molar-refractivity contribution < 1.29 is 14.4 Å². The number of benzene rings is 1. The summed E-state index contributed by atoms with van der Waals surface area (Å²) in [4.78, 5) is 41.4. The monoisotopic (exact) mass is 325 g/mol. The van der Waals surface area contributed by atoms with Crippen LogP contribution in [0.3, 0.4) is 0 Å². The number of carbonyl (C=O) groups is 3. The molecule has 1 unspecified atom stereocenters. The molecule has 3 amide bonds. The Bertz CT molecular complexity index is 782. The van der Waals surface area contributed by atoms with Crippen molar-refractivity contribution in [3.8, 4) is 0 Å². The summed E-state index contributed by atoms with van der Waals surface area (Å²) in [6.45, 7) is 0.816. The van der Waals surface area contributed by atoms with E-state index in [0.717, 1.165) is 11.3 Å². The quantitative estimate of drug-likeness (QED) is 0.760. The van der Waals surface area contributed by atoms with Crippen molar-refractivity contribution in [1.29, 1.82) is 0 Å². The first-order chi connectivity index (χ1) is 11.6. The fourth-order valence-corrected chi connectivity index (χ4v) is 3.19. The summed E-state index contributed by atoms with van der Waals surface area (Å²) in [7, 11) is 0. The van der Waals surface area contributed by atoms with Crippen molar-refractivity contribution in [2.24, 2.45) is 0 Å². The minimum atomic E-state index is -0.409. The average molecular weight is 325 g/mol. The van der Waals surface area contributed by atoms with E-state index in [9.17, 15) is 14.4 Å². The zero-order chi connectivity index (χ0) is 16.7. The van der Waals surface area contributed by atoms with Gasteiger partial charge in [-0.05, 0) is 18.6 Å². The SMILES string of the molecule is O=C(CN1C(=O)c2ccccc2C1=O)N1CCC(n2nccn2)C1. The van der Waals surface area contributed by atoms with Gasteiger partial charge in [0.15, 0.2) is 0 Å². The molecule has 8 nitrogen and oxygen atoms in total. The van der Waals surface area contributed by atoms with Gasteiger partial charge in [-0.2, -0.15) is 15.0 Å². The molecule has 2 aromatic rings. The van der Waals surface area contributed by atoms with Gasteiger partial charge in [-0.15, -0.1) is 0 Å². The second-order valence-corrected chi connectivity index (χ2v) is 5.87. The third-order valence-electron chi connectivity index (χ3n) is 4.45. The van der Waals surface area contributed by atoms with E-state index in [2.05, 4.69) is 10.2 Å². The van der Waals surface area contributed by atoms with Crippen LogP contribution in [0.1, 0.15) is 33.2 Å². The number of rotatable bonds is 3. The second-order valence-electron chi connectivity index (χ2n) is 5.87. The first-order valence-electron chi connectivity index (χ1n) is 7.74. The lowest BCUT2D eigenvalue weighted by Crippen LogP contribution is -2.42. The van der Waals surface area contributed by atoms with Crippen LogP contribution in [0.15, 0.2) is 36.7 Å². The van der Waals surface area contributed by atoms with Gasteiger partial charge in [0.25, 0.3) is 11.8 Å². The molecule has 3 heterocycles. The van der Waals surface area contributed by atoms with Crippen LogP contribution in [-0.2, 0) is 4.79 Å². The number of imide groups is 1. The zero-order valence-corrected chi connectivity index (χ0v) is 12.8. The lowest BCUT2D eigenvalue weighted by Gasteiger charge is -2.20. The van der Waals surface area contributed by atoms with E-state index in [1.54, 1.807) is 46.4 Å². The summed E-state index contributed by atoms with van der Waals surface area (Å²) in [5.74, 6) is -1.05. The molecule has 1 aromatic heterocycles. The summed E-state index contributed by atoms with van der Waals surface area (Å²) in [6, 6.07) is 6.66. The number of fused-ring (bicyclic) bond motifs is 1. The number of hydrogen-bond acceptors (Lipinski definition) is 5. The van der Waals surface area contributed by atoms with Crippen LogP contribution in [0.5, 0.6) is 0 Å². The van der Waals surface area contributed by atoms with Gasteiger partial charge in [-0.25, -0.2) is 0 Å². The molecule has 2 aliphatic rings. The van der Waals surface area contributed by atoms with E-state index in [4.69, 9.17) is 0 Å². The Morgan fingerprint density at radius 3 is 2.33 bits per heavy atom. The molecular formula is C16H15N5O3. The summed E-state index contributed by atoms with van der Waals surface area (Å²) < 4.78 is 0. The third-order valence-corrected chi connectivity index (χ3v) is 4.45. The molecule has 8 heteroatoms. The normalized spacial score (nSPS) is 19.9. The molecule has 1 saturated heterocycles. The number of amides is 3. The minimum Gasteiger partial charge on any atom is -0.339 e. The van der Waals surface area contributed by atoms with E-state index in [-0.39, 0.29) is 18.5 Å². The Morgan fingerprint density at radius 2 is 1.71 bits per heavy atom. The smallest absolute Gasteiger partial charge is 0.262 e. The highest BCUT2D eigenvalue weighted by Gasteiger charge is 2.38. The number of aromatic nitrogens is 3. The average Bonchev–Trinajstić information content (AvgIpc) is 3.32. The topological polar surface area (TPSA) is 88.4 Å². The lowest BCUT2D eigenvalue weighted by molar-refractivity contribution is -0.130. The van der Waals surface area contributed by atoms with E-state index < -0.39 is 11.8 Å². The van der Waals surface area contributed by atoms with Crippen LogP contribution in [0.2, 0.25) is 0 Å². The van der Waals surface area contributed by atoms with Crippen molar-refractivity contribution >= 4 is 17.7 Å². The highest BCUT2D eigenvalue weighted by Crippen LogP contribution is 2.24. The van der Waals surface area contributed by atoms with Gasteiger partial charge in [0.2, 0.25) is 5.91 Å². The van der Waals surface area contributed by atoms with Gasteiger partial charge in [-0.1, -0.05) is 12.1 Å². The third kappa shape index (κ3) is 2.27. The Morgan fingerprint density at radius 1 is 1.08 bits per heavy atom. The molecular weight excluding hydrogens is 310 g/mol. The van der Waals surface area contributed by atoms with Gasteiger partial charge in [0.1, 0.15) is 6.54 Å².